The maximum absolute atomic E-state index is 13.1. The van der Waals surface area contributed by atoms with Crippen LogP contribution in [0.5, 0.6) is 0 Å². The van der Waals surface area contributed by atoms with Gasteiger partial charge >= 0.3 is 0 Å². The Morgan fingerprint density at radius 3 is 2.54 bits per heavy atom. The molecule has 1 aliphatic carbocycles. The van der Waals surface area contributed by atoms with Crippen molar-refractivity contribution in [1.29, 1.82) is 0 Å². The number of rotatable bonds is 5. The van der Waals surface area contributed by atoms with Crippen LogP contribution in [0.4, 0.5) is 0 Å². The summed E-state index contributed by atoms with van der Waals surface area (Å²) in [7, 11) is 1.71. The van der Waals surface area contributed by atoms with Gasteiger partial charge in [-0.1, -0.05) is 30.3 Å². The molecule has 0 bridgehead atoms. The molecule has 8 heteroatoms. The van der Waals surface area contributed by atoms with Gasteiger partial charge in [0.25, 0.3) is 5.91 Å². The SMILES string of the molecule is CO[C@H]1[C@H](NC(=O)c2ccccn2)c2ccccc2C12CCN(C(=O)Cc1sc(C)nc1C)CC2. The molecule has 1 spiro atoms. The highest BCUT2D eigenvalue weighted by molar-refractivity contribution is 7.11. The van der Waals surface area contributed by atoms with E-state index in [2.05, 4.69) is 27.4 Å². The monoisotopic (exact) mass is 490 g/mol. The smallest absolute Gasteiger partial charge is 0.270 e. The van der Waals surface area contributed by atoms with E-state index in [1.165, 1.54) is 5.56 Å². The molecule has 0 saturated carbocycles. The number of aryl methyl sites for hydroxylation is 2. The van der Waals surface area contributed by atoms with Crippen LogP contribution in [-0.4, -0.2) is 53.0 Å². The van der Waals surface area contributed by atoms with Gasteiger partial charge in [-0.2, -0.15) is 0 Å². The highest BCUT2D eigenvalue weighted by atomic mass is 32.1. The molecule has 2 atom stereocenters. The van der Waals surface area contributed by atoms with E-state index in [1.54, 1.807) is 36.8 Å². The molecule has 3 heterocycles. The number of benzene rings is 1. The lowest BCUT2D eigenvalue weighted by Gasteiger charge is -2.44. The average molecular weight is 491 g/mol. The highest BCUT2D eigenvalue weighted by Crippen LogP contribution is 2.52. The van der Waals surface area contributed by atoms with Crippen LogP contribution in [0.15, 0.2) is 48.7 Å². The number of hydrogen-bond acceptors (Lipinski definition) is 6. The van der Waals surface area contributed by atoms with Crippen LogP contribution in [0.3, 0.4) is 0 Å². The topological polar surface area (TPSA) is 84.4 Å². The normalized spacial score (nSPS) is 20.6. The molecule has 5 rings (SSSR count). The Kier molecular flexibility index (Phi) is 6.42. The number of piperidine rings is 1. The Labute approximate surface area is 209 Å². The van der Waals surface area contributed by atoms with Crippen molar-refractivity contribution >= 4 is 23.2 Å². The molecule has 2 amide bonds. The van der Waals surface area contributed by atoms with E-state index in [0.29, 0.717) is 25.2 Å². The van der Waals surface area contributed by atoms with Gasteiger partial charge in [-0.25, -0.2) is 4.98 Å². The van der Waals surface area contributed by atoms with E-state index in [1.807, 2.05) is 36.9 Å². The van der Waals surface area contributed by atoms with Crippen molar-refractivity contribution in [2.45, 2.75) is 50.7 Å². The standard InChI is InChI=1S/C27H30N4O3S/c1-17-22(35-18(2)29-17)16-23(32)31-14-11-27(12-15-31)20-9-5-4-8-19(20)24(25(27)34-3)30-26(33)21-10-6-7-13-28-21/h4-10,13,24-25H,11-12,14-16H2,1-3H3,(H,30,33)/t24-,25+/m1/s1. The summed E-state index contributed by atoms with van der Waals surface area (Å²) in [6.45, 7) is 5.26. The van der Waals surface area contributed by atoms with Crippen molar-refractivity contribution in [3.05, 3.63) is 81.1 Å². The first-order valence-corrected chi connectivity index (χ1v) is 12.8. The van der Waals surface area contributed by atoms with Gasteiger partial charge in [0.2, 0.25) is 5.91 Å². The Morgan fingerprint density at radius 2 is 1.89 bits per heavy atom. The summed E-state index contributed by atoms with van der Waals surface area (Å²) in [5.74, 6) is -0.0702. The predicted molar refractivity (Wildman–Crippen MR) is 134 cm³/mol. The molecule has 1 saturated heterocycles. The Bertz CT molecular complexity index is 1230. The maximum atomic E-state index is 13.1. The van der Waals surface area contributed by atoms with Gasteiger partial charge in [0.05, 0.1) is 29.3 Å². The quantitative estimate of drug-likeness (QED) is 0.589. The zero-order valence-corrected chi connectivity index (χ0v) is 21.1. The van der Waals surface area contributed by atoms with Crippen LogP contribution >= 0.6 is 11.3 Å². The number of aromatic nitrogens is 2. The third kappa shape index (κ3) is 4.25. The maximum Gasteiger partial charge on any atom is 0.270 e. The fourth-order valence-corrected chi connectivity index (χ4v) is 6.71. The molecular weight excluding hydrogens is 460 g/mol. The zero-order chi connectivity index (χ0) is 24.6. The minimum atomic E-state index is -0.282. The Morgan fingerprint density at radius 1 is 1.14 bits per heavy atom. The second-order valence-corrected chi connectivity index (χ2v) is 10.7. The van der Waals surface area contributed by atoms with Crippen LogP contribution in [0, 0.1) is 13.8 Å². The number of pyridine rings is 1. The number of amides is 2. The molecule has 3 aromatic rings. The zero-order valence-electron chi connectivity index (χ0n) is 20.3. The first-order valence-electron chi connectivity index (χ1n) is 12.0. The fraction of sp³-hybridized carbons (Fsp3) is 0.407. The van der Waals surface area contributed by atoms with Crippen LogP contribution in [0.25, 0.3) is 0 Å². The van der Waals surface area contributed by atoms with Gasteiger partial charge in [0.15, 0.2) is 0 Å². The van der Waals surface area contributed by atoms with Gasteiger partial charge in [-0.15, -0.1) is 11.3 Å². The lowest BCUT2D eigenvalue weighted by molar-refractivity contribution is -0.133. The summed E-state index contributed by atoms with van der Waals surface area (Å²) in [6.07, 6.45) is 3.36. The third-order valence-electron chi connectivity index (χ3n) is 7.44. The number of methoxy groups -OCH3 is 1. The highest BCUT2D eigenvalue weighted by Gasteiger charge is 2.54. The molecule has 1 N–H and O–H groups in total. The van der Waals surface area contributed by atoms with Gasteiger partial charge in [0, 0.05) is 36.7 Å². The largest absolute Gasteiger partial charge is 0.378 e. The number of likely N-dealkylation sites (tertiary alicyclic amines) is 1. The average Bonchev–Trinajstić information content (AvgIpc) is 3.32. The number of hydrogen-bond donors (Lipinski definition) is 1. The van der Waals surface area contributed by atoms with E-state index < -0.39 is 0 Å². The third-order valence-corrected chi connectivity index (χ3v) is 8.51. The number of fused-ring (bicyclic) bond motifs is 2. The van der Waals surface area contributed by atoms with E-state index in [-0.39, 0.29) is 29.4 Å². The lowest BCUT2D eigenvalue weighted by Crippen LogP contribution is -2.52. The molecule has 0 radical (unpaired) electrons. The second kappa shape index (κ2) is 9.51. The number of nitrogens with one attached hydrogen (secondary N) is 1. The van der Waals surface area contributed by atoms with Gasteiger partial charge in [-0.05, 0) is 49.9 Å². The lowest BCUT2D eigenvalue weighted by atomic mass is 9.71. The van der Waals surface area contributed by atoms with Crippen molar-refractivity contribution in [1.82, 2.24) is 20.2 Å². The Balaban J connectivity index is 1.36. The molecule has 2 aliphatic rings. The van der Waals surface area contributed by atoms with Crippen molar-refractivity contribution < 1.29 is 14.3 Å². The molecule has 35 heavy (non-hydrogen) atoms. The van der Waals surface area contributed by atoms with Crippen LogP contribution in [-0.2, 0) is 21.4 Å². The van der Waals surface area contributed by atoms with Crippen molar-refractivity contribution in [3.63, 3.8) is 0 Å². The molecule has 2 aromatic heterocycles. The number of thiazole rings is 1. The summed E-state index contributed by atoms with van der Waals surface area (Å²) in [5.41, 5.74) is 3.36. The molecule has 1 fully saturated rings. The van der Waals surface area contributed by atoms with E-state index in [0.717, 1.165) is 34.0 Å². The molecule has 7 nitrogen and oxygen atoms in total. The van der Waals surface area contributed by atoms with Crippen LogP contribution < -0.4 is 5.32 Å². The van der Waals surface area contributed by atoms with E-state index in [4.69, 9.17) is 4.74 Å². The molecule has 0 unspecified atom stereocenters. The molecular formula is C27H30N4O3S. The molecule has 1 aromatic carbocycles. The van der Waals surface area contributed by atoms with Crippen molar-refractivity contribution in [3.8, 4) is 0 Å². The van der Waals surface area contributed by atoms with Crippen molar-refractivity contribution in [2.75, 3.05) is 20.2 Å². The first-order chi connectivity index (χ1) is 16.9. The van der Waals surface area contributed by atoms with Gasteiger partial charge in [0.1, 0.15) is 5.69 Å². The summed E-state index contributed by atoms with van der Waals surface area (Å²) in [4.78, 5) is 37.8. The number of carbonyl (C=O) groups excluding carboxylic acids is 2. The van der Waals surface area contributed by atoms with Gasteiger partial charge in [-0.3, -0.25) is 14.6 Å². The molecule has 182 valence electrons. The number of ether oxygens (including phenoxy) is 1. The Hall–Kier alpha value is -3.10. The van der Waals surface area contributed by atoms with Crippen molar-refractivity contribution in [2.24, 2.45) is 0 Å². The fourth-order valence-electron chi connectivity index (χ4n) is 5.78. The van der Waals surface area contributed by atoms with E-state index >= 15 is 0 Å². The summed E-state index contributed by atoms with van der Waals surface area (Å²) in [6, 6.07) is 13.3. The number of nitrogens with zero attached hydrogens (tertiary/aromatic N) is 3. The minimum absolute atomic E-state index is 0.145. The number of carbonyl (C=O) groups is 2. The van der Waals surface area contributed by atoms with Gasteiger partial charge < -0.3 is 15.0 Å². The first kappa shape index (κ1) is 23.6. The summed E-state index contributed by atoms with van der Waals surface area (Å²) < 4.78 is 6.10. The van der Waals surface area contributed by atoms with Crippen LogP contribution in [0.1, 0.15) is 56.1 Å². The summed E-state index contributed by atoms with van der Waals surface area (Å²) in [5, 5.41) is 4.18. The molecule has 1 aliphatic heterocycles. The minimum Gasteiger partial charge on any atom is -0.378 e. The summed E-state index contributed by atoms with van der Waals surface area (Å²) >= 11 is 1.60. The van der Waals surface area contributed by atoms with E-state index in [9.17, 15) is 9.59 Å². The van der Waals surface area contributed by atoms with Crippen LogP contribution in [0.2, 0.25) is 0 Å². The second-order valence-electron chi connectivity index (χ2n) is 9.36. The predicted octanol–water partition coefficient (Wildman–Crippen LogP) is 3.76.